The number of aliphatic hydroxyl groups excluding tert-OH is 1. The van der Waals surface area contributed by atoms with E-state index in [1.54, 1.807) is 0 Å². The molecule has 5 atom stereocenters. The monoisotopic (exact) mass is 1220 g/mol. The summed E-state index contributed by atoms with van der Waals surface area (Å²) in [4.78, 5) is 71.9. The van der Waals surface area contributed by atoms with Crippen LogP contribution in [0.5, 0.6) is 0 Å². The van der Waals surface area contributed by atoms with Crippen LogP contribution in [-0.2, 0) is 65.4 Å². The predicted molar refractivity (Wildman–Crippen MR) is 331 cm³/mol. The van der Waals surface area contributed by atoms with Crippen LogP contribution in [0.25, 0.3) is 0 Å². The molecular formula is C64H120O17P2. The SMILES string of the molecule is CCCCCC/C=C\C=C/CCCCCCCC(=O)O[C@H](COC(=O)CCCCCCCCCCCCCCC)COP(=O)(O)OC[C@@H](O)COP(=O)(O)OC[C@@H](COC(=O)CCCCCCC)OC(=O)CCCCCCCCCCCC. The lowest BCUT2D eigenvalue weighted by atomic mass is 10.0. The molecule has 3 N–H and O–H groups in total. The standard InChI is InChI=1S/C64H120O17P2/c1-5-9-13-17-20-23-26-28-29-31-33-36-39-43-47-51-64(69)81-60(55-75-62(67)49-45-41-37-35-32-30-27-24-21-18-14-10-6-2)57-79-83(72,73)77-53-58(65)52-76-82(70,71)78-56-59(54-74-61(66)48-44-40-16-12-8-4)80-63(68)50-46-42-38-34-25-22-19-15-11-7-3/h23,26,28-29,58-60,65H,5-22,24-25,27,30-57H2,1-4H3,(H,70,71)(H,72,73)/b26-23-,29-28-/t58-,59+,60+/m0/s1. The summed E-state index contributed by atoms with van der Waals surface area (Å²) >= 11 is 0. The molecule has 0 heterocycles. The van der Waals surface area contributed by atoms with Crippen LogP contribution < -0.4 is 0 Å². The fraction of sp³-hybridized carbons (Fsp3) is 0.875. The lowest BCUT2D eigenvalue weighted by molar-refractivity contribution is -0.161. The van der Waals surface area contributed by atoms with Crippen LogP contribution in [0.15, 0.2) is 24.3 Å². The fourth-order valence-corrected chi connectivity index (χ4v) is 10.7. The van der Waals surface area contributed by atoms with Gasteiger partial charge in [-0.1, -0.05) is 251 Å². The highest BCUT2D eigenvalue weighted by atomic mass is 31.2. The molecule has 0 radical (unpaired) electrons. The van der Waals surface area contributed by atoms with Gasteiger partial charge >= 0.3 is 39.5 Å². The summed E-state index contributed by atoms with van der Waals surface area (Å²) in [5, 5.41) is 10.5. The molecule has 0 rings (SSSR count). The van der Waals surface area contributed by atoms with Crippen molar-refractivity contribution in [3.63, 3.8) is 0 Å². The van der Waals surface area contributed by atoms with Crippen molar-refractivity contribution in [3.8, 4) is 0 Å². The number of aliphatic hydroxyl groups is 1. The third-order valence-electron chi connectivity index (χ3n) is 14.2. The second-order valence-electron chi connectivity index (χ2n) is 22.5. The van der Waals surface area contributed by atoms with Gasteiger partial charge in [-0.15, -0.1) is 0 Å². The Labute approximate surface area is 503 Å². The molecule has 19 heteroatoms. The van der Waals surface area contributed by atoms with Crippen LogP contribution in [0.4, 0.5) is 0 Å². The Kier molecular flexibility index (Phi) is 56.8. The second-order valence-corrected chi connectivity index (χ2v) is 25.4. The van der Waals surface area contributed by atoms with Crippen LogP contribution >= 0.6 is 15.6 Å². The van der Waals surface area contributed by atoms with Crippen molar-refractivity contribution in [3.05, 3.63) is 24.3 Å². The van der Waals surface area contributed by atoms with Crippen LogP contribution in [0.3, 0.4) is 0 Å². The Hall–Kier alpha value is -2.46. The van der Waals surface area contributed by atoms with Crippen LogP contribution in [0.2, 0.25) is 0 Å². The van der Waals surface area contributed by atoms with Gasteiger partial charge in [0.05, 0.1) is 26.4 Å². The van der Waals surface area contributed by atoms with Crippen molar-refractivity contribution >= 4 is 39.5 Å². The highest BCUT2D eigenvalue weighted by Gasteiger charge is 2.30. The summed E-state index contributed by atoms with van der Waals surface area (Å²) in [5.41, 5.74) is 0. The maximum absolute atomic E-state index is 13.0. The minimum Gasteiger partial charge on any atom is -0.462 e. The van der Waals surface area contributed by atoms with Crippen molar-refractivity contribution in [2.24, 2.45) is 0 Å². The molecule has 0 aliphatic rings. The lowest BCUT2D eigenvalue weighted by Gasteiger charge is -2.21. The number of hydrogen-bond acceptors (Lipinski definition) is 15. The summed E-state index contributed by atoms with van der Waals surface area (Å²) < 4.78 is 67.7. The molecule has 0 aliphatic carbocycles. The van der Waals surface area contributed by atoms with Gasteiger partial charge in [-0.3, -0.25) is 37.3 Å². The first-order valence-corrected chi connectivity index (χ1v) is 36.1. The van der Waals surface area contributed by atoms with E-state index in [0.717, 1.165) is 109 Å². The predicted octanol–water partition coefficient (Wildman–Crippen LogP) is 17.5. The first-order chi connectivity index (χ1) is 40.2. The molecule has 0 amide bonds. The molecule has 0 spiro atoms. The number of carbonyl (C=O) groups excluding carboxylic acids is 4. The molecule has 0 aromatic carbocycles. The smallest absolute Gasteiger partial charge is 0.462 e. The van der Waals surface area contributed by atoms with E-state index >= 15 is 0 Å². The van der Waals surface area contributed by atoms with Crippen molar-refractivity contribution in [2.75, 3.05) is 39.6 Å². The lowest BCUT2D eigenvalue weighted by Crippen LogP contribution is -2.30. The number of carbonyl (C=O) groups is 4. The number of ether oxygens (including phenoxy) is 4. The molecule has 83 heavy (non-hydrogen) atoms. The molecule has 0 aromatic rings. The number of allylic oxidation sites excluding steroid dienone is 4. The number of phosphoric acid groups is 2. The summed E-state index contributed by atoms with van der Waals surface area (Å²) in [6.45, 7) is 4.73. The molecule has 0 saturated heterocycles. The summed E-state index contributed by atoms with van der Waals surface area (Å²) in [5.74, 6) is -2.17. The summed E-state index contributed by atoms with van der Waals surface area (Å²) in [6.07, 6.45) is 46.9. The quantitative estimate of drug-likeness (QED) is 0.0169. The third kappa shape index (κ3) is 58.3. The average Bonchev–Trinajstić information content (AvgIpc) is 3.46. The van der Waals surface area contributed by atoms with E-state index in [9.17, 15) is 43.2 Å². The van der Waals surface area contributed by atoms with Gasteiger partial charge in [0.25, 0.3) is 0 Å². The van der Waals surface area contributed by atoms with Gasteiger partial charge in [0.1, 0.15) is 19.3 Å². The van der Waals surface area contributed by atoms with E-state index in [1.165, 1.54) is 116 Å². The van der Waals surface area contributed by atoms with Crippen molar-refractivity contribution in [2.45, 2.75) is 322 Å². The van der Waals surface area contributed by atoms with E-state index in [2.05, 4.69) is 52.0 Å². The van der Waals surface area contributed by atoms with E-state index in [1.807, 2.05) is 0 Å². The zero-order valence-corrected chi connectivity index (χ0v) is 54.4. The normalized spacial score (nSPS) is 14.3. The maximum atomic E-state index is 13.0. The van der Waals surface area contributed by atoms with Gasteiger partial charge in [-0.25, -0.2) is 9.13 Å². The number of esters is 4. The minimum absolute atomic E-state index is 0.0855. The molecule has 2 unspecified atom stereocenters. The highest BCUT2D eigenvalue weighted by molar-refractivity contribution is 7.47. The molecule has 0 bridgehead atoms. The molecule has 0 aliphatic heterocycles. The first-order valence-electron chi connectivity index (χ1n) is 33.1. The Bertz CT molecular complexity index is 1700. The highest BCUT2D eigenvalue weighted by Crippen LogP contribution is 2.45. The average molecular weight is 1220 g/mol. The number of unbranched alkanes of at least 4 members (excludes halogenated alkanes) is 34. The van der Waals surface area contributed by atoms with E-state index in [0.29, 0.717) is 25.7 Å². The molecular weight excluding hydrogens is 1100 g/mol. The number of hydrogen-bond donors (Lipinski definition) is 3. The Balaban J connectivity index is 5.21. The fourth-order valence-electron chi connectivity index (χ4n) is 9.09. The molecule has 0 saturated carbocycles. The number of rotatable bonds is 63. The Morgan fingerprint density at radius 1 is 0.337 bits per heavy atom. The van der Waals surface area contributed by atoms with Gasteiger partial charge in [0, 0.05) is 25.7 Å². The molecule has 488 valence electrons. The van der Waals surface area contributed by atoms with Crippen molar-refractivity contribution in [1.29, 1.82) is 0 Å². The van der Waals surface area contributed by atoms with Gasteiger partial charge in [-0.2, -0.15) is 0 Å². The molecule has 0 aromatic heterocycles. The second kappa shape index (κ2) is 58.6. The first kappa shape index (κ1) is 80.5. The van der Waals surface area contributed by atoms with Gasteiger partial charge in [0.15, 0.2) is 12.2 Å². The van der Waals surface area contributed by atoms with Crippen LogP contribution in [0, 0.1) is 0 Å². The third-order valence-corrected chi connectivity index (χ3v) is 16.1. The van der Waals surface area contributed by atoms with Crippen LogP contribution in [0.1, 0.15) is 304 Å². The van der Waals surface area contributed by atoms with E-state index in [-0.39, 0.29) is 25.7 Å². The molecule has 0 fully saturated rings. The van der Waals surface area contributed by atoms with Crippen LogP contribution in [-0.4, -0.2) is 96.7 Å². The maximum Gasteiger partial charge on any atom is 0.472 e. The summed E-state index contributed by atoms with van der Waals surface area (Å²) in [6, 6.07) is 0. The van der Waals surface area contributed by atoms with Crippen molar-refractivity contribution in [1.82, 2.24) is 0 Å². The van der Waals surface area contributed by atoms with E-state index < -0.39 is 97.5 Å². The van der Waals surface area contributed by atoms with Gasteiger partial charge in [-0.05, 0) is 51.4 Å². The van der Waals surface area contributed by atoms with Gasteiger partial charge < -0.3 is 33.8 Å². The van der Waals surface area contributed by atoms with E-state index in [4.69, 9.17) is 37.0 Å². The topological polar surface area (TPSA) is 237 Å². The Morgan fingerprint density at radius 2 is 0.578 bits per heavy atom. The Morgan fingerprint density at radius 3 is 0.880 bits per heavy atom. The number of phosphoric ester groups is 2. The zero-order valence-electron chi connectivity index (χ0n) is 52.6. The zero-order chi connectivity index (χ0) is 61.2. The molecule has 17 nitrogen and oxygen atoms in total. The summed E-state index contributed by atoms with van der Waals surface area (Å²) in [7, 11) is -9.89. The minimum atomic E-state index is -4.95. The van der Waals surface area contributed by atoms with Crippen molar-refractivity contribution < 1.29 is 80.2 Å². The van der Waals surface area contributed by atoms with Gasteiger partial charge in [0.2, 0.25) is 0 Å². The largest absolute Gasteiger partial charge is 0.472 e.